The molecular weight excluding hydrogens is 262 g/mol. The molecule has 4 heteroatoms. The van der Waals surface area contributed by atoms with Crippen LogP contribution in [0.1, 0.15) is 18.9 Å². The van der Waals surface area contributed by atoms with E-state index in [1.165, 1.54) is 10.2 Å². The van der Waals surface area contributed by atoms with Gasteiger partial charge in [-0.2, -0.15) is 5.10 Å². The first-order valence-corrected chi connectivity index (χ1v) is 7.13. The monoisotopic (exact) mass is 279 g/mol. The Morgan fingerprint density at radius 3 is 2.62 bits per heavy atom. The van der Waals surface area contributed by atoms with E-state index in [0.29, 0.717) is 12.1 Å². The molecule has 21 heavy (non-hydrogen) atoms. The van der Waals surface area contributed by atoms with E-state index >= 15 is 0 Å². The minimum Gasteiger partial charge on any atom is -0.265 e. The van der Waals surface area contributed by atoms with E-state index in [1.807, 2.05) is 31.2 Å². The summed E-state index contributed by atoms with van der Waals surface area (Å²) in [5, 5.41) is 5.36. The average Bonchev–Trinajstić information content (AvgIpc) is 2.51. The van der Waals surface area contributed by atoms with Crippen molar-refractivity contribution in [3.63, 3.8) is 0 Å². The van der Waals surface area contributed by atoms with Crippen LogP contribution < -0.4 is 5.56 Å². The van der Waals surface area contributed by atoms with Crippen LogP contribution in [0, 0.1) is 6.92 Å². The number of aryl methyl sites for hydroxylation is 2. The summed E-state index contributed by atoms with van der Waals surface area (Å²) in [6, 6.07) is 11.9. The zero-order valence-electron chi connectivity index (χ0n) is 12.2. The molecule has 0 amide bonds. The normalized spacial score (nSPS) is 11.0. The maximum Gasteiger partial charge on any atom is 0.293 e. The van der Waals surface area contributed by atoms with Gasteiger partial charge >= 0.3 is 0 Å². The predicted molar refractivity (Wildman–Crippen MR) is 84.3 cm³/mol. The quantitative estimate of drug-likeness (QED) is 0.740. The van der Waals surface area contributed by atoms with Gasteiger partial charge in [-0.1, -0.05) is 36.8 Å². The molecule has 0 fully saturated rings. The van der Waals surface area contributed by atoms with Crippen LogP contribution in [0.25, 0.3) is 22.2 Å². The molecule has 4 nitrogen and oxygen atoms in total. The lowest BCUT2D eigenvalue weighted by atomic mass is 10.1. The largest absolute Gasteiger partial charge is 0.293 e. The molecule has 3 rings (SSSR count). The molecule has 2 aromatic heterocycles. The molecule has 0 saturated heterocycles. The SMILES string of the molecule is CCCn1nc(-c2ccc(C)cc2)c2cccnc2c1=O. The summed E-state index contributed by atoms with van der Waals surface area (Å²) in [6.45, 7) is 4.68. The molecule has 0 bridgehead atoms. The summed E-state index contributed by atoms with van der Waals surface area (Å²) in [7, 11) is 0. The van der Waals surface area contributed by atoms with E-state index in [1.54, 1.807) is 6.20 Å². The van der Waals surface area contributed by atoms with Crippen molar-refractivity contribution in [1.82, 2.24) is 14.8 Å². The maximum absolute atomic E-state index is 12.4. The van der Waals surface area contributed by atoms with Crippen LogP contribution in [0.4, 0.5) is 0 Å². The van der Waals surface area contributed by atoms with Crippen molar-refractivity contribution in [2.75, 3.05) is 0 Å². The van der Waals surface area contributed by atoms with Crippen molar-refractivity contribution < 1.29 is 0 Å². The number of hydrogen-bond donors (Lipinski definition) is 0. The van der Waals surface area contributed by atoms with E-state index in [9.17, 15) is 4.79 Å². The molecular formula is C17H17N3O. The Hall–Kier alpha value is -2.49. The fraction of sp³-hybridized carbons (Fsp3) is 0.235. The Balaban J connectivity index is 2.33. The van der Waals surface area contributed by atoms with Gasteiger partial charge in [0.2, 0.25) is 0 Å². The van der Waals surface area contributed by atoms with Crippen LogP contribution in [0.15, 0.2) is 47.4 Å². The van der Waals surface area contributed by atoms with Crippen molar-refractivity contribution in [2.24, 2.45) is 0 Å². The molecule has 3 aromatic rings. The highest BCUT2D eigenvalue weighted by Crippen LogP contribution is 2.23. The van der Waals surface area contributed by atoms with Crippen LogP contribution in [0.5, 0.6) is 0 Å². The van der Waals surface area contributed by atoms with Crippen molar-refractivity contribution >= 4 is 10.9 Å². The van der Waals surface area contributed by atoms with Gasteiger partial charge in [-0.05, 0) is 25.5 Å². The number of benzene rings is 1. The molecule has 0 aliphatic heterocycles. The number of aromatic nitrogens is 3. The lowest BCUT2D eigenvalue weighted by Gasteiger charge is -2.10. The smallest absolute Gasteiger partial charge is 0.265 e. The lowest BCUT2D eigenvalue weighted by Crippen LogP contribution is -2.24. The van der Waals surface area contributed by atoms with Gasteiger partial charge < -0.3 is 0 Å². The summed E-state index contributed by atoms with van der Waals surface area (Å²) in [5.41, 5.74) is 3.37. The third kappa shape index (κ3) is 2.44. The van der Waals surface area contributed by atoms with E-state index in [4.69, 9.17) is 0 Å². The van der Waals surface area contributed by atoms with E-state index in [2.05, 4.69) is 29.1 Å². The van der Waals surface area contributed by atoms with Crippen LogP contribution in [-0.4, -0.2) is 14.8 Å². The van der Waals surface area contributed by atoms with E-state index < -0.39 is 0 Å². The molecule has 0 atom stereocenters. The van der Waals surface area contributed by atoms with Gasteiger partial charge in [0.15, 0.2) is 0 Å². The highest BCUT2D eigenvalue weighted by molar-refractivity contribution is 5.91. The van der Waals surface area contributed by atoms with E-state index in [0.717, 1.165) is 23.1 Å². The number of pyridine rings is 1. The highest BCUT2D eigenvalue weighted by atomic mass is 16.1. The van der Waals surface area contributed by atoms with Crippen molar-refractivity contribution in [3.8, 4) is 11.3 Å². The number of rotatable bonds is 3. The lowest BCUT2D eigenvalue weighted by molar-refractivity contribution is 0.575. The Morgan fingerprint density at radius 1 is 1.14 bits per heavy atom. The summed E-state index contributed by atoms with van der Waals surface area (Å²) in [4.78, 5) is 16.6. The van der Waals surface area contributed by atoms with Crippen molar-refractivity contribution in [1.29, 1.82) is 0 Å². The first kappa shape index (κ1) is 13.5. The van der Waals surface area contributed by atoms with Gasteiger partial charge in [-0.3, -0.25) is 9.78 Å². The highest BCUT2D eigenvalue weighted by Gasteiger charge is 2.12. The molecule has 2 heterocycles. The first-order valence-electron chi connectivity index (χ1n) is 7.13. The molecule has 0 radical (unpaired) electrons. The van der Waals surface area contributed by atoms with E-state index in [-0.39, 0.29) is 5.56 Å². The second kappa shape index (κ2) is 5.48. The molecule has 0 saturated carbocycles. The van der Waals surface area contributed by atoms with Gasteiger partial charge in [0.25, 0.3) is 5.56 Å². The average molecular weight is 279 g/mol. The Bertz CT molecular complexity index is 835. The molecule has 106 valence electrons. The fourth-order valence-electron chi connectivity index (χ4n) is 2.40. The Morgan fingerprint density at radius 2 is 1.90 bits per heavy atom. The minimum absolute atomic E-state index is 0.122. The molecule has 0 aliphatic rings. The summed E-state index contributed by atoms with van der Waals surface area (Å²) in [6.07, 6.45) is 2.51. The third-order valence-electron chi connectivity index (χ3n) is 3.48. The van der Waals surface area contributed by atoms with Gasteiger partial charge in [0, 0.05) is 23.7 Å². The predicted octanol–water partition coefficient (Wildman–Crippen LogP) is 3.18. The van der Waals surface area contributed by atoms with Crippen molar-refractivity contribution in [2.45, 2.75) is 26.8 Å². The first-order chi connectivity index (χ1) is 10.2. The second-order valence-electron chi connectivity index (χ2n) is 5.14. The zero-order valence-corrected chi connectivity index (χ0v) is 12.2. The molecule has 0 unspecified atom stereocenters. The molecule has 0 aliphatic carbocycles. The Kier molecular flexibility index (Phi) is 3.52. The van der Waals surface area contributed by atoms with Crippen LogP contribution in [0.2, 0.25) is 0 Å². The molecule has 1 aromatic carbocycles. The zero-order chi connectivity index (χ0) is 14.8. The minimum atomic E-state index is -0.122. The number of hydrogen-bond acceptors (Lipinski definition) is 3. The second-order valence-corrected chi connectivity index (χ2v) is 5.14. The van der Waals surface area contributed by atoms with Crippen LogP contribution >= 0.6 is 0 Å². The maximum atomic E-state index is 12.4. The standard InChI is InChI=1S/C17H17N3O/c1-3-11-20-17(21)16-14(5-4-10-18-16)15(19-20)13-8-6-12(2)7-9-13/h4-10H,3,11H2,1-2H3. The third-order valence-corrected chi connectivity index (χ3v) is 3.48. The molecule has 0 spiro atoms. The van der Waals surface area contributed by atoms with Gasteiger partial charge in [0.05, 0.1) is 0 Å². The number of fused-ring (bicyclic) bond motifs is 1. The topological polar surface area (TPSA) is 47.8 Å². The number of nitrogens with zero attached hydrogens (tertiary/aromatic N) is 3. The van der Waals surface area contributed by atoms with Gasteiger partial charge in [-0.25, -0.2) is 4.68 Å². The summed E-state index contributed by atoms with van der Waals surface area (Å²) >= 11 is 0. The van der Waals surface area contributed by atoms with Crippen molar-refractivity contribution in [3.05, 3.63) is 58.5 Å². The Labute approximate surface area is 123 Å². The van der Waals surface area contributed by atoms with Gasteiger partial charge in [-0.15, -0.1) is 0 Å². The fourth-order valence-corrected chi connectivity index (χ4v) is 2.40. The molecule has 0 N–H and O–H groups in total. The summed E-state index contributed by atoms with van der Waals surface area (Å²) in [5.74, 6) is 0. The van der Waals surface area contributed by atoms with Crippen LogP contribution in [-0.2, 0) is 6.54 Å². The summed E-state index contributed by atoms with van der Waals surface area (Å²) < 4.78 is 1.52. The van der Waals surface area contributed by atoms with Gasteiger partial charge in [0.1, 0.15) is 11.2 Å². The van der Waals surface area contributed by atoms with Crippen LogP contribution in [0.3, 0.4) is 0 Å².